The van der Waals surface area contributed by atoms with Gasteiger partial charge >= 0.3 is 5.97 Å². The van der Waals surface area contributed by atoms with Crippen LogP contribution in [-0.2, 0) is 16.6 Å². The molecule has 0 aliphatic heterocycles. The van der Waals surface area contributed by atoms with Gasteiger partial charge in [-0.2, -0.15) is 0 Å². The van der Waals surface area contributed by atoms with Gasteiger partial charge < -0.3 is 10.2 Å². The molecule has 106 valence electrons. The highest BCUT2D eigenvalue weighted by Gasteiger charge is 2.26. The maximum Gasteiger partial charge on any atom is 0.332 e. The molecule has 0 aromatic heterocycles. The highest BCUT2D eigenvalue weighted by molar-refractivity contribution is 6.29. The van der Waals surface area contributed by atoms with Gasteiger partial charge in [0, 0.05) is 16.9 Å². The van der Waals surface area contributed by atoms with Crippen LogP contribution in [-0.4, -0.2) is 22.3 Å². The number of benzene rings is 1. The molecule has 0 amide bonds. The van der Waals surface area contributed by atoms with E-state index in [9.17, 15) is 9.90 Å². The zero-order valence-electron chi connectivity index (χ0n) is 11.2. The number of aliphatic carboxylic acids is 1. The van der Waals surface area contributed by atoms with Crippen molar-refractivity contribution in [3.63, 3.8) is 0 Å². The molecular weight excluding hydrogens is 276 g/mol. The summed E-state index contributed by atoms with van der Waals surface area (Å²) in [5.74, 6) is -1.20. The SMILES string of the molecule is CC1(c2ccc(C[C@H](O)C(=O)O)cc2)C=CC=C(Cl)C1. The average molecular weight is 293 g/mol. The van der Waals surface area contributed by atoms with Gasteiger partial charge in [0.05, 0.1) is 0 Å². The average Bonchev–Trinajstić information content (AvgIpc) is 2.39. The first-order valence-corrected chi connectivity index (χ1v) is 6.83. The fraction of sp³-hybridized carbons (Fsp3) is 0.312. The third-order valence-electron chi connectivity index (χ3n) is 3.60. The van der Waals surface area contributed by atoms with E-state index in [0.29, 0.717) is 0 Å². The summed E-state index contributed by atoms with van der Waals surface area (Å²) in [6.45, 7) is 2.11. The van der Waals surface area contributed by atoms with Crippen LogP contribution < -0.4 is 0 Å². The van der Waals surface area contributed by atoms with Gasteiger partial charge in [0.25, 0.3) is 0 Å². The van der Waals surface area contributed by atoms with Gasteiger partial charge in [-0.15, -0.1) is 0 Å². The second-order valence-corrected chi connectivity index (χ2v) is 5.81. The van der Waals surface area contributed by atoms with Gasteiger partial charge in [0.1, 0.15) is 0 Å². The van der Waals surface area contributed by atoms with E-state index in [2.05, 4.69) is 13.0 Å². The van der Waals surface area contributed by atoms with Gasteiger partial charge in [-0.05, 0) is 23.6 Å². The second-order valence-electron chi connectivity index (χ2n) is 5.32. The number of carbonyl (C=O) groups is 1. The Morgan fingerprint density at radius 2 is 2.05 bits per heavy atom. The van der Waals surface area contributed by atoms with Crippen LogP contribution in [0, 0.1) is 0 Å². The van der Waals surface area contributed by atoms with Crippen LogP contribution in [0.2, 0.25) is 0 Å². The number of halogens is 1. The number of hydrogen-bond acceptors (Lipinski definition) is 2. The van der Waals surface area contributed by atoms with Gasteiger partial charge in [-0.25, -0.2) is 4.79 Å². The number of carboxylic acid groups (broad SMARTS) is 1. The van der Waals surface area contributed by atoms with Crippen LogP contribution in [0.1, 0.15) is 24.5 Å². The molecule has 0 bridgehead atoms. The number of carboxylic acids is 1. The summed E-state index contributed by atoms with van der Waals surface area (Å²) in [6, 6.07) is 7.63. The molecule has 1 aromatic carbocycles. The summed E-state index contributed by atoms with van der Waals surface area (Å²) < 4.78 is 0. The summed E-state index contributed by atoms with van der Waals surface area (Å²) in [5.41, 5.74) is 1.78. The molecule has 2 rings (SSSR count). The molecule has 0 heterocycles. The second kappa shape index (κ2) is 5.81. The van der Waals surface area contributed by atoms with Crippen molar-refractivity contribution in [3.05, 3.63) is 58.7 Å². The first kappa shape index (κ1) is 14.8. The summed E-state index contributed by atoms with van der Waals surface area (Å²) in [4.78, 5) is 10.6. The zero-order chi connectivity index (χ0) is 14.8. The van der Waals surface area contributed by atoms with E-state index in [0.717, 1.165) is 22.6 Å². The van der Waals surface area contributed by atoms with Crippen molar-refractivity contribution < 1.29 is 15.0 Å². The Balaban J connectivity index is 2.14. The molecule has 20 heavy (non-hydrogen) atoms. The van der Waals surface area contributed by atoms with Crippen LogP contribution in [0.15, 0.2) is 47.5 Å². The molecule has 3 nitrogen and oxygen atoms in total. The van der Waals surface area contributed by atoms with Crippen LogP contribution >= 0.6 is 11.6 Å². The van der Waals surface area contributed by atoms with Gasteiger partial charge in [-0.1, -0.05) is 54.9 Å². The fourth-order valence-corrected chi connectivity index (χ4v) is 2.71. The monoisotopic (exact) mass is 292 g/mol. The normalized spacial score (nSPS) is 23.2. The molecule has 1 aliphatic rings. The highest BCUT2D eigenvalue weighted by Crippen LogP contribution is 2.36. The largest absolute Gasteiger partial charge is 0.479 e. The highest BCUT2D eigenvalue weighted by atomic mass is 35.5. The summed E-state index contributed by atoms with van der Waals surface area (Å²) in [6.07, 6.45) is 5.46. The predicted molar refractivity (Wildman–Crippen MR) is 78.8 cm³/mol. The molecule has 1 aromatic rings. The van der Waals surface area contributed by atoms with Gasteiger partial charge in [0.15, 0.2) is 6.10 Å². The molecule has 0 saturated carbocycles. The molecule has 0 fully saturated rings. The third-order valence-corrected chi connectivity index (χ3v) is 3.86. The first-order chi connectivity index (χ1) is 9.40. The van der Waals surface area contributed by atoms with E-state index in [-0.39, 0.29) is 11.8 Å². The Labute approximate surface area is 123 Å². The van der Waals surface area contributed by atoms with Gasteiger partial charge in [-0.3, -0.25) is 0 Å². The standard InChI is InChI=1S/C16H17ClO3/c1-16(8-2-3-13(17)10-16)12-6-4-11(5-7-12)9-14(18)15(19)20/h2-8,14,18H,9-10H2,1H3,(H,19,20)/t14-,16?/m0/s1. The maximum absolute atomic E-state index is 10.6. The molecule has 0 spiro atoms. The van der Waals surface area contributed by atoms with Gasteiger partial charge in [0.2, 0.25) is 0 Å². The molecule has 1 aliphatic carbocycles. The van der Waals surface area contributed by atoms with E-state index >= 15 is 0 Å². The summed E-state index contributed by atoms with van der Waals surface area (Å²) in [7, 11) is 0. The van der Waals surface area contributed by atoms with Crippen LogP contribution in [0.4, 0.5) is 0 Å². The lowest BCUT2D eigenvalue weighted by Crippen LogP contribution is -2.23. The Morgan fingerprint density at radius 3 is 2.60 bits per heavy atom. The van der Waals surface area contributed by atoms with Crippen molar-refractivity contribution >= 4 is 17.6 Å². The zero-order valence-corrected chi connectivity index (χ0v) is 12.0. The Hall–Kier alpha value is -1.58. The lowest BCUT2D eigenvalue weighted by Gasteiger charge is -2.28. The van der Waals surface area contributed by atoms with Crippen molar-refractivity contribution in [2.24, 2.45) is 0 Å². The lowest BCUT2D eigenvalue weighted by atomic mass is 9.77. The van der Waals surface area contributed by atoms with Crippen molar-refractivity contribution in [1.29, 1.82) is 0 Å². The van der Waals surface area contributed by atoms with E-state index in [1.165, 1.54) is 0 Å². The Kier molecular flexibility index (Phi) is 4.31. The number of aliphatic hydroxyl groups excluding tert-OH is 1. The van der Waals surface area contributed by atoms with Crippen molar-refractivity contribution in [3.8, 4) is 0 Å². The van der Waals surface area contributed by atoms with Crippen molar-refractivity contribution in [2.75, 3.05) is 0 Å². The minimum atomic E-state index is -1.36. The van der Waals surface area contributed by atoms with Crippen molar-refractivity contribution in [1.82, 2.24) is 0 Å². The number of allylic oxidation sites excluding steroid dienone is 4. The summed E-state index contributed by atoms with van der Waals surface area (Å²) in [5, 5.41) is 18.9. The number of rotatable bonds is 4. The fourth-order valence-electron chi connectivity index (χ4n) is 2.36. The molecule has 4 heteroatoms. The van der Waals surface area contributed by atoms with Crippen LogP contribution in [0.5, 0.6) is 0 Å². The molecule has 2 atom stereocenters. The molecular formula is C16H17ClO3. The molecule has 2 N–H and O–H groups in total. The Bertz CT molecular complexity index is 560. The predicted octanol–water partition coefficient (Wildman–Crippen LogP) is 3.01. The molecule has 0 radical (unpaired) electrons. The van der Waals surface area contributed by atoms with Crippen LogP contribution in [0.25, 0.3) is 0 Å². The quantitative estimate of drug-likeness (QED) is 0.897. The maximum atomic E-state index is 10.6. The summed E-state index contributed by atoms with van der Waals surface area (Å²) >= 11 is 6.10. The number of aliphatic hydroxyl groups is 1. The van der Waals surface area contributed by atoms with Crippen molar-refractivity contribution in [2.45, 2.75) is 31.3 Å². The molecule has 0 saturated heterocycles. The van der Waals surface area contributed by atoms with E-state index in [1.807, 2.05) is 36.4 Å². The minimum Gasteiger partial charge on any atom is -0.479 e. The smallest absolute Gasteiger partial charge is 0.332 e. The third kappa shape index (κ3) is 3.30. The molecule has 1 unspecified atom stereocenters. The Morgan fingerprint density at radius 1 is 1.40 bits per heavy atom. The van der Waals surface area contributed by atoms with E-state index in [1.54, 1.807) is 0 Å². The van der Waals surface area contributed by atoms with Crippen LogP contribution in [0.3, 0.4) is 0 Å². The minimum absolute atomic E-state index is 0.114. The lowest BCUT2D eigenvalue weighted by molar-refractivity contribution is -0.146. The van der Waals surface area contributed by atoms with E-state index in [4.69, 9.17) is 16.7 Å². The van der Waals surface area contributed by atoms with E-state index < -0.39 is 12.1 Å². The topological polar surface area (TPSA) is 57.5 Å². The first-order valence-electron chi connectivity index (χ1n) is 6.45. The number of hydrogen-bond donors (Lipinski definition) is 2.